The number of nitrogens with one attached hydrogen (secondary N) is 1. The van der Waals surface area contributed by atoms with Crippen molar-refractivity contribution in [3.8, 4) is 0 Å². The van der Waals surface area contributed by atoms with E-state index >= 15 is 0 Å². The molecule has 1 aliphatic rings. The van der Waals surface area contributed by atoms with Gasteiger partial charge in [-0.3, -0.25) is 5.43 Å². The molecule has 2 N–H and O–H groups in total. The molecule has 17 heavy (non-hydrogen) atoms. The summed E-state index contributed by atoms with van der Waals surface area (Å²) in [6.07, 6.45) is 6.05. The van der Waals surface area contributed by atoms with Crippen molar-refractivity contribution in [2.75, 3.05) is 6.54 Å². The number of aliphatic carboxylic acids is 1. The van der Waals surface area contributed by atoms with E-state index in [0.29, 0.717) is 30.6 Å². The van der Waals surface area contributed by atoms with Gasteiger partial charge in [0, 0.05) is 24.2 Å². The Morgan fingerprint density at radius 2 is 2.00 bits per heavy atom. The highest BCUT2D eigenvalue weighted by Crippen LogP contribution is 2.19. The first-order valence-corrected chi connectivity index (χ1v) is 6.50. The van der Waals surface area contributed by atoms with Gasteiger partial charge in [-0.25, -0.2) is 9.80 Å². The molecule has 0 saturated carbocycles. The zero-order valence-corrected chi connectivity index (χ0v) is 11.1. The second-order valence-corrected chi connectivity index (χ2v) is 4.79. The summed E-state index contributed by atoms with van der Waals surface area (Å²) in [6.45, 7) is 6.89. The maximum Gasteiger partial charge on any atom is 0.331 e. The van der Waals surface area contributed by atoms with Crippen LogP contribution in [0.1, 0.15) is 46.5 Å². The molecular weight excluding hydrogens is 216 g/mol. The second-order valence-electron chi connectivity index (χ2n) is 4.79. The summed E-state index contributed by atoms with van der Waals surface area (Å²) in [5.74, 6) is -0.811. The molecule has 0 amide bonds. The van der Waals surface area contributed by atoms with Crippen LogP contribution in [0.15, 0.2) is 11.6 Å². The molecule has 0 aromatic heterocycles. The minimum atomic E-state index is -0.811. The average molecular weight is 240 g/mol. The molecule has 98 valence electrons. The number of hydrazine groups is 1. The molecule has 1 heterocycles. The standard InChI is InChI=1S/C13H24N2O2/c1-4-12(13(16)17)8-9-14-15-10(2)6-5-7-11(15)3/h8,10-11,14H,4-7,9H2,1-3H3,(H,16,17). The van der Waals surface area contributed by atoms with Crippen molar-refractivity contribution in [1.29, 1.82) is 0 Å². The Bertz CT molecular complexity index is 279. The summed E-state index contributed by atoms with van der Waals surface area (Å²) in [5, 5.41) is 11.2. The third-order valence-electron chi connectivity index (χ3n) is 3.47. The van der Waals surface area contributed by atoms with Gasteiger partial charge in [0.05, 0.1) is 0 Å². The molecule has 0 aliphatic carbocycles. The Labute approximate surface area is 104 Å². The van der Waals surface area contributed by atoms with Crippen molar-refractivity contribution >= 4 is 5.97 Å². The average Bonchev–Trinajstić information content (AvgIpc) is 2.27. The van der Waals surface area contributed by atoms with Gasteiger partial charge in [0.1, 0.15) is 0 Å². The zero-order valence-electron chi connectivity index (χ0n) is 11.1. The van der Waals surface area contributed by atoms with Crippen molar-refractivity contribution in [1.82, 2.24) is 10.4 Å². The van der Waals surface area contributed by atoms with Gasteiger partial charge < -0.3 is 5.11 Å². The lowest BCUT2D eigenvalue weighted by atomic mass is 10.00. The van der Waals surface area contributed by atoms with Gasteiger partial charge in [0.15, 0.2) is 0 Å². The minimum absolute atomic E-state index is 0.481. The van der Waals surface area contributed by atoms with E-state index < -0.39 is 5.97 Å². The van der Waals surface area contributed by atoms with Gasteiger partial charge in [0.2, 0.25) is 0 Å². The van der Waals surface area contributed by atoms with E-state index in [-0.39, 0.29) is 0 Å². The predicted molar refractivity (Wildman–Crippen MR) is 68.6 cm³/mol. The topological polar surface area (TPSA) is 52.6 Å². The molecule has 1 fully saturated rings. The van der Waals surface area contributed by atoms with Crippen LogP contribution >= 0.6 is 0 Å². The molecule has 0 radical (unpaired) electrons. The quantitative estimate of drug-likeness (QED) is 0.723. The van der Waals surface area contributed by atoms with Crippen LogP contribution in [0.3, 0.4) is 0 Å². The van der Waals surface area contributed by atoms with Crippen molar-refractivity contribution in [3.05, 3.63) is 11.6 Å². The number of carboxylic acid groups (broad SMARTS) is 1. The predicted octanol–water partition coefficient (Wildman–Crippen LogP) is 2.17. The van der Waals surface area contributed by atoms with Gasteiger partial charge in [-0.15, -0.1) is 0 Å². The summed E-state index contributed by atoms with van der Waals surface area (Å²) in [4.78, 5) is 10.8. The SMILES string of the molecule is CCC(=CCNN1C(C)CCCC1C)C(=O)O. The number of carboxylic acids is 1. The van der Waals surface area contributed by atoms with Crippen LogP contribution in [0.25, 0.3) is 0 Å². The van der Waals surface area contributed by atoms with Crippen LogP contribution in [-0.4, -0.2) is 34.7 Å². The summed E-state index contributed by atoms with van der Waals surface area (Å²) in [6, 6.07) is 1.06. The Balaban J connectivity index is 2.46. The summed E-state index contributed by atoms with van der Waals surface area (Å²) < 4.78 is 0. The Kier molecular flexibility index (Phi) is 5.65. The highest BCUT2D eigenvalue weighted by atomic mass is 16.4. The number of hydrogen-bond acceptors (Lipinski definition) is 3. The third-order valence-corrected chi connectivity index (χ3v) is 3.47. The lowest BCUT2D eigenvalue weighted by molar-refractivity contribution is -0.132. The zero-order chi connectivity index (χ0) is 12.8. The normalized spacial score (nSPS) is 27.1. The van der Waals surface area contributed by atoms with Crippen LogP contribution in [-0.2, 0) is 4.79 Å². The first-order chi connectivity index (χ1) is 8.06. The van der Waals surface area contributed by atoms with Gasteiger partial charge in [-0.1, -0.05) is 19.4 Å². The molecule has 2 unspecified atom stereocenters. The fourth-order valence-corrected chi connectivity index (χ4v) is 2.39. The van der Waals surface area contributed by atoms with Gasteiger partial charge >= 0.3 is 5.97 Å². The van der Waals surface area contributed by atoms with Crippen LogP contribution < -0.4 is 5.43 Å². The third kappa shape index (κ3) is 4.13. The maximum absolute atomic E-state index is 10.8. The van der Waals surface area contributed by atoms with Crippen LogP contribution in [0.5, 0.6) is 0 Å². The summed E-state index contributed by atoms with van der Waals surface area (Å²) >= 11 is 0. The molecule has 1 rings (SSSR count). The maximum atomic E-state index is 10.8. The summed E-state index contributed by atoms with van der Waals surface area (Å²) in [7, 11) is 0. The fourth-order valence-electron chi connectivity index (χ4n) is 2.39. The van der Waals surface area contributed by atoms with Crippen LogP contribution in [0, 0.1) is 0 Å². The fraction of sp³-hybridized carbons (Fsp3) is 0.769. The van der Waals surface area contributed by atoms with E-state index in [2.05, 4.69) is 24.3 Å². The number of rotatable bonds is 5. The first kappa shape index (κ1) is 14.2. The molecule has 1 aliphatic heterocycles. The van der Waals surface area contributed by atoms with Crippen molar-refractivity contribution in [2.45, 2.75) is 58.5 Å². The van der Waals surface area contributed by atoms with E-state index in [0.717, 1.165) is 0 Å². The highest BCUT2D eigenvalue weighted by molar-refractivity contribution is 5.86. The van der Waals surface area contributed by atoms with Crippen LogP contribution in [0.2, 0.25) is 0 Å². The van der Waals surface area contributed by atoms with Crippen molar-refractivity contribution < 1.29 is 9.90 Å². The first-order valence-electron chi connectivity index (χ1n) is 6.50. The number of nitrogens with zero attached hydrogens (tertiary/aromatic N) is 1. The molecule has 0 aromatic carbocycles. The second kappa shape index (κ2) is 6.77. The molecule has 2 atom stereocenters. The number of carbonyl (C=O) groups is 1. The van der Waals surface area contributed by atoms with E-state index in [9.17, 15) is 4.79 Å². The number of hydrogen-bond donors (Lipinski definition) is 2. The van der Waals surface area contributed by atoms with E-state index in [4.69, 9.17) is 5.11 Å². The van der Waals surface area contributed by atoms with Crippen molar-refractivity contribution in [2.24, 2.45) is 0 Å². The smallest absolute Gasteiger partial charge is 0.331 e. The Morgan fingerprint density at radius 1 is 1.41 bits per heavy atom. The Morgan fingerprint density at radius 3 is 2.47 bits per heavy atom. The van der Waals surface area contributed by atoms with Gasteiger partial charge in [-0.05, 0) is 33.1 Å². The molecule has 1 saturated heterocycles. The van der Waals surface area contributed by atoms with E-state index in [1.165, 1.54) is 19.3 Å². The van der Waals surface area contributed by atoms with Gasteiger partial charge in [0.25, 0.3) is 0 Å². The van der Waals surface area contributed by atoms with E-state index in [1.54, 1.807) is 6.08 Å². The lowest BCUT2D eigenvalue weighted by Crippen LogP contribution is -2.52. The monoisotopic (exact) mass is 240 g/mol. The number of piperidine rings is 1. The molecule has 4 heteroatoms. The summed E-state index contributed by atoms with van der Waals surface area (Å²) in [5.41, 5.74) is 3.82. The molecular formula is C13H24N2O2. The molecule has 4 nitrogen and oxygen atoms in total. The van der Waals surface area contributed by atoms with E-state index in [1.807, 2.05) is 6.92 Å². The van der Waals surface area contributed by atoms with Crippen LogP contribution in [0.4, 0.5) is 0 Å². The lowest BCUT2D eigenvalue weighted by Gasteiger charge is -2.38. The Hall–Kier alpha value is -0.870. The minimum Gasteiger partial charge on any atom is -0.478 e. The molecule has 0 bridgehead atoms. The van der Waals surface area contributed by atoms with Crippen molar-refractivity contribution in [3.63, 3.8) is 0 Å². The molecule has 0 aromatic rings. The van der Waals surface area contributed by atoms with Gasteiger partial charge in [-0.2, -0.15) is 0 Å². The largest absolute Gasteiger partial charge is 0.478 e. The highest BCUT2D eigenvalue weighted by Gasteiger charge is 2.23. The molecule has 0 spiro atoms.